The van der Waals surface area contributed by atoms with Gasteiger partial charge in [-0.1, -0.05) is 6.07 Å². The Hall–Kier alpha value is -2.41. The van der Waals surface area contributed by atoms with Gasteiger partial charge in [-0.05, 0) is 18.6 Å². The van der Waals surface area contributed by atoms with Crippen molar-refractivity contribution >= 4 is 23.4 Å². The summed E-state index contributed by atoms with van der Waals surface area (Å²) in [6.45, 7) is 2.11. The van der Waals surface area contributed by atoms with Gasteiger partial charge in [-0.25, -0.2) is 0 Å². The van der Waals surface area contributed by atoms with Gasteiger partial charge in [0.25, 0.3) is 5.91 Å². The average molecular weight is 329 g/mol. The summed E-state index contributed by atoms with van der Waals surface area (Å²) in [5.74, 6) is -0.542. The molecule has 0 bridgehead atoms. The highest BCUT2D eigenvalue weighted by Crippen LogP contribution is 2.36. The highest BCUT2D eigenvalue weighted by molar-refractivity contribution is 6.06. The Morgan fingerprint density at radius 1 is 1.21 bits per heavy atom. The van der Waals surface area contributed by atoms with Crippen molar-refractivity contribution in [3.8, 4) is 0 Å². The molecule has 2 N–H and O–H groups in total. The molecule has 7 heteroatoms. The number of carbonyl (C=O) groups is 3. The third-order valence-electron chi connectivity index (χ3n) is 5.11. The minimum Gasteiger partial charge on any atom is -0.396 e. The molecule has 0 spiro atoms. The first kappa shape index (κ1) is 15.1. The number of nitrogens with zero attached hydrogens (tertiary/aromatic N) is 2. The summed E-state index contributed by atoms with van der Waals surface area (Å²) in [6, 6.07) is 5.04. The summed E-state index contributed by atoms with van der Waals surface area (Å²) in [5.41, 5.74) is 2.56. The van der Waals surface area contributed by atoms with Gasteiger partial charge in [0, 0.05) is 55.4 Å². The molecule has 3 aliphatic heterocycles. The van der Waals surface area contributed by atoms with Crippen LogP contribution in [0.4, 0.5) is 5.69 Å². The van der Waals surface area contributed by atoms with E-state index in [-0.39, 0.29) is 30.8 Å². The van der Waals surface area contributed by atoms with E-state index in [0.717, 1.165) is 24.3 Å². The van der Waals surface area contributed by atoms with Crippen LogP contribution in [0.3, 0.4) is 0 Å². The molecule has 7 nitrogen and oxygen atoms in total. The van der Waals surface area contributed by atoms with Crippen LogP contribution in [0.2, 0.25) is 0 Å². The number of piperidine rings is 1. The molecule has 0 aliphatic carbocycles. The van der Waals surface area contributed by atoms with Crippen LogP contribution in [0, 0.1) is 5.92 Å². The predicted octanol–water partition coefficient (Wildman–Crippen LogP) is -0.124. The number of rotatable bonds is 3. The number of aliphatic hydroxyl groups excluding tert-OH is 1. The maximum absolute atomic E-state index is 12.7. The Morgan fingerprint density at radius 2 is 2.00 bits per heavy atom. The second-order valence-corrected chi connectivity index (χ2v) is 6.66. The zero-order chi connectivity index (χ0) is 16.8. The first-order valence-electron chi connectivity index (χ1n) is 8.21. The Labute approximate surface area is 139 Å². The van der Waals surface area contributed by atoms with E-state index in [9.17, 15) is 19.5 Å². The number of amides is 3. The molecule has 0 radical (unpaired) electrons. The van der Waals surface area contributed by atoms with Crippen molar-refractivity contribution in [1.29, 1.82) is 0 Å². The smallest absolute Gasteiger partial charge is 0.255 e. The number of nitrogens with one attached hydrogen (secondary N) is 1. The molecule has 24 heavy (non-hydrogen) atoms. The molecule has 3 heterocycles. The lowest BCUT2D eigenvalue weighted by Gasteiger charge is -2.41. The van der Waals surface area contributed by atoms with Gasteiger partial charge in [-0.2, -0.15) is 0 Å². The molecule has 0 unspecified atom stereocenters. The molecule has 126 valence electrons. The van der Waals surface area contributed by atoms with E-state index in [4.69, 9.17) is 0 Å². The standard InChI is InChI=1S/C17H19N3O4/c21-9-10-6-19(7-10)13-3-1-2-11-12(13)8-20(17(11)24)14-4-5-15(22)18-16(14)23/h1-3,10,14,21H,4-9H2,(H,18,22,23)/t14-/m1/s1. The van der Waals surface area contributed by atoms with Gasteiger partial charge in [-0.3, -0.25) is 19.7 Å². The number of hydrogen-bond donors (Lipinski definition) is 2. The fourth-order valence-electron chi connectivity index (χ4n) is 3.75. The van der Waals surface area contributed by atoms with E-state index < -0.39 is 11.9 Å². The van der Waals surface area contributed by atoms with Crippen LogP contribution in [0.5, 0.6) is 0 Å². The molecule has 3 amide bonds. The SMILES string of the molecule is O=C1CC[C@@H](N2Cc3c(cccc3N3CC(CO)C3)C2=O)C(=O)N1. The van der Waals surface area contributed by atoms with E-state index >= 15 is 0 Å². The maximum atomic E-state index is 12.7. The maximum Gasteiger partial charge on any atom is 0.255 e. The fourth-order valence-corrected chi connectivity index (χ4v) is 3.75. The number of aliphatic hydroxyl groups is 1. The minimum atomic E-state index is -0.586. The van der Waals surface area contributed by atoms with Gasteiger partial charge in [0.05, 0.1) is 0 Å². The van der Waals surface area contributed by atoms with Crippen molar-refractivity contribution in [2.45, 2.75) is 25.4 Å². The van der Waals surface area contributed by atoms with Crippen LogP contribution >= 0.6 is 0 Å². The Kier molecular flexibility index (Phi) is 3.53. The lowest BCUT2D eigenvalue weighted by atomic mass is 9.97. The van der Waals surface area contributed by atoms with Crippen molar-refractivity contribution in [3.63, 3.8) is 0 Å². The van der Waals surface area contributed by atoms with E-state index in [1.165, 1.54) is 0 Å². The molecule has 1 aromatic rings. The number of imide groups is 1. The molecule has 3 aliphatic rings. The molecular weight excluding hydrogens is 310 g/mol. The molecule has 1 atom stereocenters. The van der Waals surface area contributed by atoms with Crippen molar-refractivity contribution in [2.24, 2.45) is 5.92 Å². The van der Waals surface area contributed by atoms with E-state index in [2.05, 4.69) is 10.2 Å². The van der Waals surface area contributed by atoms with Crippen LogP contribution in [0.15, 0.2) is 18.2 Å². The third kappa shape index (κ3) is 2.27. The summed E-state index contributed by atoms with van der Waals surface area (Å²) in [4.78, 5) is 39.9. The summed E-state index contributed by atoms with van der Waals surface area (Å²) in [7, 11) is 0. The van der Waals surface area contributed by atoms with Crippen LogP contribution in [-0.4, -0.2) is 53.5 Å². The molecule has 2 saturated heterocycles. The lowest BCUT2D eigenvalue weighted by molar-refractivity contribution is -0.136. The van der Waals surface area contributed by atoms with Crippen molar-refractivity contribution in [2.75, 3.05) is 24.6 Å². The molecule has 2 fully saturated rings. The van der Waals surface area contributed by atoms with E-state index in [1.54, 1.807) is 11.0 Å². The summed E-state index contributed by atoms with van der Waals surface area (Å²) < 4.78 is 0. The van der Waals surface area contributed by atoms with Crippen LogP contribution in [0.1, 0.15) is 28.8 Å². The fraction of sp³-hybridized carbons (Fsp3) is 0.471. The van der Waals surface area contributed by atoms with Crippen LogP contribution < -0.4 is 10.2 Å². The molecular formula is C17H19N3O4. The van der Waals surface area contributed by atoms with Gasteiger partial charge in [-0.15, -0.1) is 0 Å². The van der Waals surface area contributed by atoms with Gasteiger partial charge < -0.3 is 14.9 Å². The predicted molar refractivity (Wildman–Crippen MR) is 85.3 cm³/mol. The molecule has 0 aromatic heterocycles. The van der Waals surface area contributed by atoms with Crippen molar-refractivity contribution in [1.82, 2.24) is 10.2 Å². The van der Waals surface area contributed by atoms with E-state index in [0.29, 0.717) is 18.5 Å². The second kappa shape index (κ2) is 5.59. The van der Waals surface area contributed by atoms with Crippen molar-refractivity contribution < 1.29 is 19.5 Å². The number of benzene rings is 1. The third-order valence-corrected chi connectivity index (χ3v) is 5.11. The van der Waals surface area contributed by atoms with Gasteiger partial charge >= 0.3 is 0 Å². The monoisotopic (exact) mass is 329 g/mol. The van der Waals surface area contributed by atoms with E-state index in [1.807, 2.05) is 12.1 Å². The number of fused-ring (bicyclic) bond motifs is 1. The normalized spacial score (nSPS) is 24.0. The Balaban J connectivity index is 1.58. The summed E-state index contributed by atoms with van der Waals surface area (Å²) in [6.07, 6.45) is 0.629. The largest absolute Gasteiger partial charge is 0.396 e. The zero-order valence-corrected chi connectivity index (χ0v) is 13.2. The highest BCUT2D eigenvalue weighted by atomic mass is 16.3. The number of carbonyl (C=O) groups excluding carboxylic acids is 3. The minimum absolute atomic E-state index is 0.152. The quantitative estimate of drug-likeness (QED) is 0.755. The van der Waals surface area contributed by atoms with Gasteiger partial charge in [0.2, 0.25) is 11.8 Å². The zero-order valence-electron chi connectivity index (χ0n) is 13.2. The van der Waals surface area contributed by atoms with Gasteiger partial charge in [0.15, 0.2) is 0 Å². The molecule has 4 rings (SSSR count). The Morgan fingerprint density at radius 3 is 2.71 bits per heavy atom. The van der Waals surface area contributed by atoms with Crippen LogP contribution in [0.25, 0.3) is 0 Å². The average Bonchev–Trinajstić information content (AvgIpc) is 2.84. The first-order valence-corrected chi connectivity index (χ1v) is 8.21. The molecule has 0 saturated carbocycles. The summed E-state index contributed by atoms with van der Waals surface area (Å²) >= 11 is 0. The summed E-state index contributed by atoms with van der Waals surface area (Å²) in [5, 5.41) is 11.5. The second-order valence-electron chi connectivity index (χ2n) is 6.66. The molecule has 1 aromatic carbocycles. The number of hydrogen-bond acceptors (Lipinski definition) is 5. The first-order chi connectivity index (χ1) is 11.6. The van der Waals surface area contributed by atoms with Gasteiger partial charge in [0.1, 0.15) is 6.04 Å². The Bertz CT molecular complexity index is 727. The van der Waals surface area contributed by atoms with Crippen molar-refractivity contribution in [3.05, 3.63) is 29.3 Å². The lowest BCUT2D eigenvalue weighted by Crippen LogP contribution is -2.52. The number of anilines is 1. The topological polar surface area (TPSA) is 90.0 Å². The van der Waals surface area contributed by atoms with Crippen LogP contribution in [-0.2, 0) is 16.1 Å². The highest BCUT2D eigenvalue weighted by Gasteiger charge is 2.41.